The lowest BCUT2D eigenvalue weighted by Gasteiger charge is -2.26. The van der Waals surface area contributed by atoms with Crippen molar-refractivity contribution in [2.45, 2.75) is 13.0 Å². The lowest BCUT2D eigenvalue weighted by Crippen LogP contribution is -2.33. The van der Waals surface area contributed by atoms with E-state index in [-0.39, 0.29) is 37.7 Å². The largest absolute Gasteiger partial charge is 0.507 e. The molecule has 2 aromatic rings. The maximum absolute atomic E-state index is 13.1. The summed E-state index contributed by atoms with van der Waals surface area (Å²) in [7, 11) is 3.00. The molecule has 0 aromatic heterocycles. The second-order valence-electron chi connectivity index (χ2n) is 7.30. The first-order valence-corrected chi connectivity index (χ1v) is 10.2. The van der Waals surface area contributed by atoms with E-state index in [0.29, 0.717) is 22.6 Å². The molecule has 2 aromatic carbocycles. The number of benzene rings is 2. The van der Waals surface area contributed by atoms with Crippen LogP contribution >= 0.6 is 0 Å². The van der Waals surface area contributed by atoms with E-state index in [0.717, 1.165) is 5.56 Å². The normalized spacial score (nSPS) is 17.6. The maximum Gasteiger partial charge on any atom is 0.295 e. The van der Waals surface area contributed by atoms with Gasteiger partial charge in [0, 0.05) is 17.7 Å². The Balaban J connectivity index is 2.16. The summed E-state index contributed by atoms with van der Waals surface area (Å²) in [6, 6.07) is 11.2. The standard InChI is InChI=1S/C24H27NO7/c1-15-4-6-16(7-5-15)22(27)20-21(18-14-17(30-2)8-9-19(18)31-3)25(24(29)23(20)28)10-12-32-13-11-26/h4-9,14,21,26-27H,10-13H2,1-3H3/b22-20+. The number of ketones is 1. The van der Waals surface area contributed by atoms with Crippen molar-refractivity contribution in [2.24, 2.45) is 0 Å². The number of aryl methyl sites for hydroxylation is 1. The predicted octanol–water partition coefficient (Wildman–Crippen LogP) is 2.44. The molecule has 0 bridgehead atoms. The Bertz CT molecular complexity index is 1010. The van der Waals surface area contributed by atoms with Crippen molar-refractivity contribution in [2.75, 3.05) is 40.6 Å². The fourth-order valence-electron chi connectivity index (χ4n) is 3.68. The average molecular weight is 441 g/mol. The third-order valence-corrected chi connectivity index (χ3v) is 5.31. The van der Waals surface area contributed by atoms with Gasteiger partial charge in [-0.15, -0.1) is 0 Å². The highest BCUT2D eigenvalue weighted by atomic mass is 16.5. The predicted molar refractivity (Wildman–Crippen MR) is 118 cm³/mol. The summed E-state index contributed by atoms with van der Waals surface area (Å²) in [6.07, 6.45) is 0. The molecule has 0 spiro atoms. The number of aliphatic hydroxyl groups excluding tert-OH is 2. The SMILES string of the molecule is COc1ccc(OC)c(C2/C(=C(\O)c3ccc(C)cc3)C(=O)C(=O)N2CCOCCO)c1. The van der Waals surface area contributed by atoms with Crippen LogP contribution in [-0.2, 0) is 14.3 Å². The molecular formula is C24H27NO7. The van der Waals surface area contributed by atoms with Crippen LogP contribution in [0, 0.1) is 6.92 Å². The molecule has 1 unspecified atom stereocenters. The molecule has 3 rings (SSSR count). The lowest BCUT2D eigenvalue weighted by atomic mass is 9.94. The van der Waals surface area contributed by atoms with E-state index in [4.69, 9.17) is 19.3 Å². The first kappa shape index (κ1) is 23.3. The van der Waals surface area contributed by atoms with Crippen molar-refractivity contribution in [3.63, 3.8) is 0 Å². The van der Waals surface area contributed by atoms with E-state index < -0.39 is 17.7 Å². The van der Waals surface area contributed by atoms with Gasteiger partial charge in [-0.05, 0) is 25.1 Å². The molecule has 1 atom stereocenters. The van der Waals surface area contributed by atoms with Gasteiger partial charge in [0.1, 0.15) is 17.3 Å². The number of aliphatic hydroxyl groups is 2. The molecule has 170 valence electrons. The molecule has 2 N–H and O–H groups in total. The zero-order valence-electron chi connectivity index (χ0n) is 18.3. The zero-order chi connectivity index (χ0) is 23.3. The molecular weight excluding hydrogens is 414 g/mol. The summed E-state index contributed by atoms with van der Waals surface area (Å²) in [4.78, 5) is 27.4. The Labute approximate surface area is 186 Å². The van der Waals surface area contributed by atoms with Crippen molar-refractivity contribution < 1.29 is 34.0 Å². The summed E-state index contributed by atoms with van der Waals surface area (Å²) in [5, 5.41) is 20.0. The third kappa shape index (κ3) is 4.61. The van der Waals surface area contributed by atoms with Crippen LogP contribution in [0.5, 0.6) is 11.5 Å². The number of carbonyl (C=O) groups excluding carboxylic acids is 2. The van der Waals surface area contributed by atoms with Crippen LogP contribution in [0.2, 0.25) is 0 Å². The number of methoxy groups -OCH3 is 2. The molecule has 0 saturated carbocycles. The molecule has 8 heteroatoms. The van der Waals surface area contributed by atoms with E-state index in [2.05, 4.69) is 0 Å². The van der Waals surface area contributed by atoms with Crippen molar-refractivity contribution in [3.8, 4) is 11.5 Å². The highest BCUT2D eigenvalue weighted by molar-refractivity contribution is 6.46. The van der Waals surface area contributed by atoms with Crippen molar-refractivity contribution in [1.82, 2.24) is 4.90 Å². The number of carbonyl (C=O) groups is 2. The molecule has 32 heavy (non-hydrogen) atoms. The molecule has 1 saturated heterocycles. The van der Waals surface area contributed by atoms with Gasteiger partial charge in [-0.25, -0.2) is 0 Å². The third-order valence-electron chi connectivity index (χ3n) is 5.31. The molecule has 1 aliphatic heterocycles. The quantitative estimate of drug-likeness (QED) is 0.266. The van der Waals surface area contributed by atoms with Gasteiger partial charge in [-0.1, -0.05) is 29.8 Å². The highest BCUT2D eigenvalue weighted by Crippen LogP contribution is 2.43. The Morgan fingerprint density at radius 1 is 1.03 bits per heavy atom. The van der Waals surface area contributed by atoms with Crippen LogP contribution in [0.25, 0.3) is 5.76 Å². The second-order valence-corrected chi connectivity index (χ2v) is 7.30. The van der Waals surface area contributed by atoms with Gasteiger partial charge in [0.2, 0.25) is 0 Å². The molecule has 1 amide bonds. The topological polar surface area (TPSA) is 106 Å². The number of ether oxygens (including phenoxy) is 3. The minimum Gasteiger partial charge on any atom is -0.507 e. The molecule has 1 fully saturated rings. The van der Waals surface area contributed by atoms with E-state index in [1.54, 1.807) is 30.3 Å². The fraction of sp³-hybridized carbons (Fsp3) is 0.333. The number of likely N-dealkylation sites (tertiary alicyclic amines) is 1. The van der Waals surface area contributed by atoms with Crippen LogP contribution < -0.4 is 9.47 Å². The molecule has 1 aliphatic rings. The Kier molecular flexibility index (Phi) is 7.50. The van der Waals surface area contributed by atoms with Gasteiger partial charge < -0.3 is 29.3 Å². The van der Waals surface area contributed by atoms with Gasteiger partial charge in [-0.3, -0.25) is 9.59 Å². The minimum absolute atomic E-state index is 0.0347. The van der Waals surface area contributed by atoms with Crippen molar-refractivity contribution >= 4 is 17.4 Å². The van der Waals surface area contributed by atoms with Gasteiger partial charge in [0.15, 0.2) is 0 Å². The maximum atomic E-state index is 13.1. The summed E-state index contributed by atoms with van der Waals surface area (Å²) in [5.74, 6) is -0.856. The van der Waals surface area contributed by atoms with Gasteiger partial charge in [0.25, 0.3) is 11.7 Å². The zero-order valence-corrected chi connectivity index (χ0v) is 18.3. The smallest absolute Gasteiger partial charge is 0.295 e. The summed E-state index contributed by atoms with van der Waals surface area (Å²) in [6.45, 7) is 2.07. The van der Waals surface area contributed by atoms with E-state index in [1.807, 2.05) is 19.1 Å². The van der Waals surface area contributed by atoms with Gasteiger partial charge in [-0.2, -0.15) is 0 Å². The van der Waals surface area contributed by atoms with E-state index >= 15 is 0 Å². The monoisotopic (exact) mass is 441 g/mol. The Morgan fingerprint density at radius 2 is 1.75 bits per heavy atom. The van der Waals surface area contributed by atoms with Crippen LogP contribution in [0.3, 0.4) is 0 Å². The number of hydrogen-bond acceptors (Lipinski definition) is 7. The van der Waals surface area contributed by atoms with Gasteiger partial charge in [0.05, 0.1) is 45.7 Å². The fourth-order valence-corrected chi connectivity index (χ4v) is 3.68. The van der Waals surface area contributed by atoms with Crippen molar-refractivity contribution in [1.29, 1.82) is 0 Å². The number of rotatable bonds is 9. The van der Waals surface area contributed by atoms with E-state index in [9.17, 15) is 14.7 Å². The van der Waals surface area contributed by atoms with Crippen molar-refractivity contribution in [3.05, 3.63) is 64.7 Å². The average Bonchev–Trinajstić information content (AvgIpc) is 3.06. The van der Waals surface area contributed by atoms with Crippen LogP contribution in [-0.4, -0.2) is 67.4 Å². The Hall–Kier alpha value is -3.36. The van der Waals surface area contributed by atoms with Crippen LogP contribution in [0.15, 0.2) is 48.0 Å². The number of nitrogens with zero attached hydrogens (tertiary/aromatic N) is 1. The first-order chi connectivity index (χ1) is 15.4. The molecule has 0 radical (unpaired) electrons. The summed E-state index contributed by atoms with van der Waals surface area (Å²) < 4.78 is 16.1. The summed E-state index contributed by atoms with van der Waals surface area (Å²) >= 11 is 0. The number of Topliss-reactive ketones (excluding diaryl/α,β-unsaturated/α-hetero) is 1. The van der Waals surface area contributed by atoms with Gasteiger partial charge >= 0.3 is 0 Å². The lowest BCUT2D eigenvalue weighted by molar-refractivity contribution is -0.140. The van der Waals surface area contributed by atoms with Crippen LogP contribution in [0.4, 0.5) is 0 Å². The van der Waals surface area contributed by atoms with E-state index in [1.165, 1.54) is 19.1 Å². The number of amides is 1. The molecule has 1 heterocycles. The first-order valence-electron chi connectivity index (χ1n) is 10.2. The Morgan fingerprint density at radius 3 is 2.38 bits per heavy atom. The minimum atomic E-state index is -0.904. The molecule has 0 aliphatic carbocycles. The number of hydrogen-bond donors (Lipinski definition) is 2. The van der Waals surface area contributed by atoms with Crippen LogP contribution in [0.1, 0.15) is 22.7 Å². The highest BCUT2D eigenvalue weighted by Gasteiger charge is 2.47. The summed E-state index contributed by atoms with van der Waals surface area (Å²) in [5.41, 5.74) is 1.89. The second kappa shape index (κ2) is 10.3. The molecule has 8 nitrogen and oxygen atoms in total.